The first-order chi connectivity index (χ1) is 9.08. The molecule has 0 radical (unpaired) electrons. The summed E-state index contributed by atoms with van der Waals surface area (Å²) >= 11 is 1.77. The molecule has 0 bridgehead atoms. The molecule has 0 nitrogen and oxygen atoms in total. The van der Waals surface area contributed by atoms with Crippen LogP contribution in [0, 0.1) is 0 Å². The van der Waals surface area contributed by atoms with Gasteiger partial charge in [-0.1, -0.05) is 72.9 Å². The molecule has 1 aromatic heterocycles. The van der Waals surface area contributed by atoms with Gasteiger partial charge < -0.3 is 0 Å². The second-order valence-electron chi connectivity index (χ2n) is 5.42. The maximum Gasteiger partial charge on any atom is 0.0841 e. The predicted molar refractivity (Wildman–Crippen MR) is 90.1 cm³/mol. The molecule has 0 aliphatic heterocycles. The smallest absolute Gasteiger partial charge is 0.0841 e. The third-order valence-corrected chi connectivity index (χ3v) is 7.39. The van der Waals surface area contributed by atoms with Gasteiger partial charge in [-0.2, -0.15) is 0 Å². The minimum Gasteiger partial charge on any atom is -0.144 e. The molecule has 2 aromatic rings. The monoisotopic (exact) mass is 284 g/mol. The summed E-state index contributed by atoms with van der Waals surface area (Å²) in [6.07, 6.45) is 4.40. The summed E-state index contributed by atoms with van der Waals surface area (Å²) in [4.78, 5) is 1.30. The molecule has 2 rings (SSSR count). The van der Waals surface area contributed by atoms with Crippen LogP contribution in [0.5, 0.6) is 0 Å². The van der Waals surface area contributed by atoms with E-state index in [0.717, 1.165) is 6.04 Å². The summed E-state index contributed by atoms with van der Waals surface area (Å²) in [6.45, 7) is 9.08. The van der Waals surface area contributed by atoms with Crippen LogP contribution in [-0.4, -0.2) is 8.07 Å². The van der Waals surface area contributed by atoms with Crippen molar-refractivity contribution in [1.82, 2.24) is 0 Å². The van der Waals surface area contributed by atoms with Crippen LogP contribution in [0.15, 0.2) is 65.7 Å². The summed E-state index contributed by atoms with van der Waals surface area (Å²) in [7, 11) is -1.46. The third-order valence-electron chi connectivity index (χ3n) is 3.35. The highest BCUT2D eigenvalue weighted by Gasteiger charge is 2.23. The van der Waals surface area contributed by atoms with Crippen molar-refractivity contribution in [2.24, 2.45) is 0 Å². The summed E-state index contributed by atoms with van der Waals surface area (Å²) in [5.74, 6) is 0. The molecule has 98 valence electrons. The van der Waals surface area contributed by atoms with Gasteiger partial charge in [0.15, 0.2) is 0 Å². The Morgan fingerprint density at radius 1 is 1.16 bits per heavy atom. The van der Waals surface area contributed by atoms with Crippen LogP contribution < -0.4 is 0 Å². The van der Waals surface area contributed by atoms with Crippen molar-refractivity contribution in [3.8, 4) is 0 Å². The van der Waals surface area contributed by atoms with E-state index in [4.69, 9.17) is 0 Å². The van der Waals surface area contributed by atoms with Gasteiger partial charge in [-0.3, -0.25) is 0 Å². The van der Waals surface area contributed by atoms with Crippen molar-refractivity contribution in [3.63, 3.8) is 0 Å². The Bertz CT molecular complexity index is 550. The van der Waals surface area contributed by atoms with Crippen LogP contribution >= 0.6 is 11.3 Å². The number of rotatable bonds is 5. The van der Waals surface area contributed by atoms with Crippen LogP contribution in [0.1, 0.15) is 10.4 Å². The Balaban J connectivity index is 2.05. The molecular formula is C17H20SSi. The molecule has 0 amide bonds. The molecule has 0 aliphatic rings. The normalized spacial score (nSPS) is 11.9. The van der Waals surface area contributed by atoms with Crippen LogP contribution in [0.2, 0.25) is 13.1 Å². The first-order valence-corrected chi connectivity index (χ1v) is 10.6. The summed E-state index contributed by atoms with van der Waals surface area (Å²) < 4.78 is 0. The van der Waals surface area contributed by atoms with Crippen LogP contribution in [0.25, 0.3) is 6.08 Å². The number of benzene rings is 1. The van der Waals surface area contributed by atoms with Crippen molar-refractivity contribution in [1.29, 1.82) is 0 Å². The highest BCUT2D eigenvalue weighted by Crippen LogP contribution is 2.21. The lowest BCUT2D eigenvalue weighted by atomic mass is 10.2. The van der Waals surface area contributed by atoms with E-state index in [1.54, 1.807) is 11.3 Å². The second-order valence-corrected chi connectivity index (χ2v) is 11.2. The minimum absolute atomic E-state index is 1.15. The summed E-state index contributed by atoms with van der Waals surface area (Å²) in [6, 6.07) is 16.1. The van der Waals surface area contributed by atoms with E-state index in [0.29, 0.717) is 0 Å². The van der Waals surface area contributed by atoms with Gasteiger partial charge in [0.05, 0.1) is 8.07 Å². The fourth-order valence-electron chi connectivity index (χ4n) is 2.01. The zero-order valence-electron chi connectivity index (χ0n) is 11.6. The fourth-order valence-corrected chi connectivity index (χ4v) is 4.65. The Labute approximate surface area is 121 Å². The number of hydrogen-bond donors (Lipinski definition) is 0. The molecule has 0 saturated carbocycles. The number of thiophene rings is 1. The molecule has 2 heteroatoms. The van der Waals surface area contributed by atoms with Gasteiger partial charge in [0.1, 0.15) is 0 Å². The lowest BCUT2D eigenvalue weighted by molar-refractivity contribution is 1.31. The van der Waals surface area contributed by atoms with Gasteiger partial charge in [0, 0.05) is 4.88 Å². The first kappa shape index (κ1) is 14.0. The molecular weight excluding hydrogens is 264 g/mol. The maximum absolute atomic E-state index is 4.30. The van der Waals surface area contributed by atoms with E-state index >= 15 is 0 Å². The van der Waals surface area contributed by atoms with E-state index < -0.39 is 8.07 Å². The van der Waals surface area contributed by atoms with Crippen molar-refractivity contribution < 1.29 is 0 Å². The molecule has 0 aliphatic carbocycles. The highest BCUT2D eigenvalue weighted by molar-refractivity contribution is 7.10. The minimum atomic E-state index is -1.46. The molecule has 0 fully saturated rings. The number of hydrogen-bond acceptors (Lipinski definition) is 1. The zero-order chi connectivity index (χ0) is 13.7. The Morgan fingerprint density at radius 3 is 2.53 bits per heavy atom. The van der Waals surface area contributed by atoms with Gasteiger partial charge in [-0.25, -0.2) is 0 Å². The molecule has 0 atom stereocenters. The van der Waals surface area contributed by atoms with E-state index in [-0.39, 0.29) is 0 Å². The van der Waals surface area contributed by atoms with E-state index in [2.05, 4.69) is 79.7 Å². The Kier molecular flexibility index (Phi) is 4.56. The van der Waals surface area contributed by atoms with Gasteiger partial charge >= 0.3 is 0 Å². The van der Waals surface area contributed by atoms with Gasteiger partial charge in [-0.15, -0.1) is 11.3 Å². The molecule has 1 heterocycles. The van der Waals surface area contributed by atoms with Crippen LogP contribution in [0.4, 0.5) is 0 Å². The average molecular weight is 284 g/mol. The lowest BCUT2D eigenvalue weighted by Crippen LogP contribution is -2.31. The average Bonchev–Trinajstić information content (AvgIpc) is 2.89. The van der Waals surface area contributed by atoms with Crippen LogP contribution in [-0.2, 0) is 6.04 Å². The summed E-state index contributed by atoms with van der Waals surface area (Å²) in [5.41, 5.74) is 1.42. The van der Waals surface area contributed by atoms with Crippen molar-refractivity contribution in [3.05, 3.63) is 76.1 Å². The molecule has 0 saturated heterocycles. The fraction of sp³-hybridized carbons (Fsp3) is 0.176. The van der Waals surface area contributed by atoms with E-state index in [1.165, 1.54) is 15.6 Å². The van der Waals surface area contributed by atoms with Gasteiger partial charge in [-0.05, 0) is 23.6 Å². The quantitative estimate of drug-likeness (QED) is 0.513. The van der Waals surface area contributed by atoms with E-state index in [1.807, 2.05) is 0 Å². The van der Waals surface area contributed by atoms with Crippen molar-refractivity contribution >= 4 is 25.5 Å². The van der Waals surface area contributed by atoms with Crippen molar-refractivity contribution in [2.75, 3.05) is 0 Å². The topological polar surface area (TPSA) is 0 Å². The number of allylic oxidation sites excluding steroid dienone is 2. The molecule has 0 spiro atoms. The SMILES string of the molecule is C=C(/C=C\c1cccs1)[Si](C)(C)Cc1ccccc1. The van der Waals surface area contributed by atoms with Crippen LogP contribution in [0.3, 0.4) is 0 Å². The molecule has 1 aromatic carbocycles. The standard InChI is InChI=1S/C17H20SSi/c1-15(11-12-17-10-7-13-18-17)19(2,3)14-16-8-5-4-6-9-16/h4-13H,1,14H2,2-3H3/b12-11-. The molecule has 0 unspecified atom stereocenters. The molecule has 0 N–H and O–H groups in total. The predicted octanol–water partition coefficient (Wildman–Crippen LogP) is 5.35. The molecule has 19 heavy (non-hydrogen) atoms. The zero-order valence-corrected chi connectivity index (χ0v) is 13.4. The Hall–Kier alpha value is -1.38. The highest BCUT2D eigenvalue weighted by atomic mass is 32.1. The van der Waals surface area contributed by atoms with E-state index in [9.17, 15) is 0 Å². The van der Waals surface area contributed by atoms with Crippen molar-refractivity contribution in [2.45, 2.75) is 19.1 Å². The lowest BCUT2D eigenvalue weighted by Gasteiger charge is -2.23. The summed E-state index contributed by atoms with van der Waals surface area (Å²) in [5, 5.41) is 3.42. The largest absolute Gasteiger partial charge is 0.144 e. The Morgan fingerprint density at radius 2 is 1.89 bits per heavy atom. The third kappa shape index (κ3) is 4.05. The first-order valence-electron chi connectivity index (χ1n) is 6.53. The maximum atomic E-state index is 4.30. The van der Waals surface area contributed by atoms with Gasteiger partial charge in [0.25, 0.3) is 0 Å². The van der Waals surface area contributed by atoms with Gasteiger partial charge in [0.2, 0.25) is 0 Å². The second kappa shape index (κ2) is 6.18.